The lowest BCUT2D eigenvalue weighted by Gasteiger charge is -2.12. The SMILES string of the molecule is COc1ncc(NC(=O)Nc2ccc(F)c(F)c2)cc1-c1c(Br)cnn1C. The first-order valence-electron chi connectivity index (χ1n) is 7.64. The van der Waals surface area contributed by atoms with Gasteiger partial charge in [0.1, 0.15) is 0 Å². The van der Waals surface area contributed by atoms with Gasteiger partial charge in [0, 0.05) is 18.8 Å². The second-order valence-electron chi connectivity index (χ2n) is 5.45. The molecule has 0 fully saturated rings. The number of ether oxygens (including phenoxy) is 1. The Labute approximate surface area is 161 Å². The van der Waals surface area contributed by atoms with Gasteiger partial charge in [0.05, 0.1) is 40.9 Å². The number of methoxy groups -OCH3 is 1. The number of amides is 2. The number of anilines is 2. The van der Waals surface area contributed by atoms with Crippen LogP contribution in [0.2, 0.25) is 0 Å². The zero-order valence-electron chi connectivity index (χ0n) is 14.3. The molecule has 2 heterocycles. The number of hydrogen-bond donors (Lipinski definition) is 2. The van der Waals surface area contributed by atoms with Gasteiger partial charge in [-0.1, -0.05) is 0 Å². The van der Waals surface area contributed by atoms with Crippen molar-refractivity contribution in [1.29, 1.82) is 0 Å². The Balaban J connectivity index is 1.84. The number of carbonyl (C=O) groups excluding carboxylic acids is 1. The summed E-state index contributed by atoms with van der Waals surface area (Å²) >= 11 is 3.42. The van der Waals surface area contributed by atoms with Gasteiger partial charge >= 0.3 is 6.03 Å². The van der Waals surface area contributed by atoms with E-state index in [9.17, 15) is 13.6 Å². The smallest absolute Gasteiger partial charge is 0.323 e. The largest absolute Gasteiger partial charge is 0.481 e. The van der Waals surface area contributed by atoms with Crippen LogP contribution in [0, 0.1) is 11.6 Å². The normalized spacial score (nSPS) is 10.6. The van der Waals surface area contributed by atoms with Crippen molar-refractivity contribution in [2.24, 2.45) is 7.05 Å². The zero-order valence-corrected chi connectivity index (χ0v) is 15.8. The molecule has 0 atom stereocenters. The highest BCUT2D eigenvalue weighted by molar-refractivity contribution is 9.10. The van der Waals surface area contributed by atoms with Gasteiger partial charge in [-0.2, -0.15) is 5.10 Å². The molecule has 3 rings (SSSR count). The summed E-state index contributed by atoms with van der Waals surface area (Å²) in [6.07, 6.45) is 3.04. The standard InChI is InChI=1S/C17H14BrF2N5O2/c1-25-15(12(18)8-22-25)11-5-10(7-21-16(11)27-2)24-17(26)23-9-3-4-13(19)14(20)6-9/h3-8H,1-2H3,(H2,23,24,26). The molecule has 0 aliphatic rings. The van der Waals surface area contributed by atoms with Crippen LogP contribution in [0.15, 0.2) is 41.1 Å². The number of halogens is 3. The molecule has 0 spiro atoms. The quantitative estimate of drug-likeness (QED) is 0.641. The molecule has 140 valence electrons. The van der Waals surface area contributed by atoms with Gasteiger partial charge in [-0.3, -0.25) is 4.68 Å². The predicted molar refractivity (Wildman–Crippen MR) is 99.7 cm³/mol. The molecule has 0 unspecified atom stereocenters. The first kappa shape index (κ1) is 18.8. The molecule has 10 heteroatoms. The third-order valence-electron chi connectivity index (χ3n) is 3.63. The second kappa shape index (κ2) is 7.70. The van der Waals surface area contributed by atoms with E-state index in [0.717, 1.165) is 16.6 Å². The van der Waals surface area contributed by atoms with Crippen LogP contribution < -0.4 is 15.4 Å². The minimum Gasteiger partial charge on any atom is -0.481 e. The van der Waals surface area contributed by atoms with Crippen molar-refractivity contribution in [3.63, 3.8) is 0 Å². The van der Waals surface area contributed by atoms with Crippen molar-refractivity contribution in [2.45, 2.75) is 0 Å². The van der Waals surface area contributed by atoms with E-state index in [2.05, 4.69) is 36.6 Å². The van der Waals surface area contributed by atoms with Gasteiger partial charge in [0.2, 0.25) is 5.88 Å². The molecule has 0 saturated carbocycles. The van der Waals surface area contributed by atoms with E-state index < -0.39 is 17.7 Å². The molecular formula is C17H14BrF2N5O2. The van der Waals surface area contributed by atoms with Crippen molar-refractivity contribution < 1.29 is 18.3 Å². The van der Waals surface area contributed by atoms with E-state index in [1.54, 1.807) is 24.0 Å². The topological polar surface area (TPSA) is 81.1 Å². The maximum atomic E-state index is 13.2. The molecular weight excluding hydrogens is 424 g/mol. The van der Waals surface area contributed by atoms with Crippen LogP contribution in [0.5, 0.6) is 5.88 Å². The van der Waals surface area contributed by atoms with Crippen molar-refractivity contribution in [3.05, 3.63) is 52.8 Å². The molecule has 0 aliphatic carbocycles. The molecule has 3 aromatic rings. The third kappa shape index (κ3) is 4.05. The summed E-state index contributed by atoms with van der Waals surface area (Å²) in [6.45, 7) is 0. The Morgan fingerprint density at radius 2 is 1.89 bits per heavy atom. The van der Waals surface area contributed by atoms with Crippen LogP contribution in [0.1, 0.15) is 0 Å². The van der Waals surface area contributed by atoms with Gasteiger partial charge in [-0.15, -0.1) is 0 Å². The van der Waals surface area contributed by atoms with Crippen LogP contribution in [0.4, 0.5) is 25.0 Å². The van der Waals surface area contributed by atoms with Gasteiger partial charge in [-0.25, -0.2) is 18.6 Å². The molecule has 27 heavy (non-hydrogen) atoms. The molecule has 0 radical (unpaired) electrons. The van der Waals surface area contributed by atoms with E-state index in [1.807, 2.05) is 0 Å². The van der Waals surface area contributed by atoms with E-state index >= 15 is 0 Å². The number of hydrogen-bond acceptors (Lipinski definition) is 4. The fraction of sp³-hybridized carbons (Fsp3) is 0.118. The van der Waals surface area contributed by atoms with Gasteiger partial charge < -0.3 is 15.4 Å². The summed E-state index contributed by atoms with van der Waals surface area (Å²) in [6, 6.07) is 4.10. The summed E-state index contributed by atoms with van der Waals surface area (Å²) in [4.78, 5) is 16.3. The third-order valence-corrected chi connectivity index (χ3v) is 4.21. The van der Waals surface area contributed by atoms with Crippen LogP contribution in [0.25, 0.3) is 11.3 Å². The summed E-state index contributed by atoms with van der Waals surface area (Å²) in [7, 11) is 3.24. The van der Waals surface area contributed by atoms with Gasteiger partial charge in [-0.05, 0) is 34.1 Å². The minimum atomic E-state index is -1.05. The molecule has 0 bridgehead atoms. The maximum absolute atomic E-state index is 13.2. The number of pyridine rings is 1. The van der Waals surface area contributed by atoms with Crippen LogP contribution in [0.3, 0.4) is 0 Å². The van der Waals surface area contributed by atoms with Gasteiger partial charge in [0.15, 0.2) is 11.6 Å². The molecule has 0 aliphatic heterocycles. The minimum absolute atomic E-state index is 0.113. The number of benzene rings is 1. The highest BCUT2D eigenvalue weighted by Gasteiger charge is 2.17. The molecule has 0 saturated heterocycles. The Hall–Kier alpha value is -3.01. The monoisotopic (exact) mass is 437 g/mol. The van der Waals surface area contributed by atoms with Crippen molar-refractivity contribution >= 4 is 33.3 Å². The molecule has 2 amide bonds. The summed E-state index contributed by atoms with van der Waals surface area (Å²) < 4.78 is 33.9. The number of carbonyl (C=O) groups is 1. The number of urea groups is 1. The number of aromatic nitrogens is 3. The highest BCUT2D eigenvalue weighted by atomic mass is 79.9. The van der Waals surface area contributed by atoms with E-state index in [-0.39, 0.29) is 5.69 Å². The molecule has 2 aromatic heterocycles. The van der Waals surface area contributed by atoms with Crippen molar-refractivity contribution in [2.75, 3.05) is 17.7 Å². The average Bonchev–Trinajstić information content (AvgIpc) is 2.96. The molecule has 7 nitrogen and oxygen atoms in total. The fourth-order valence-corrected chi connectivity index (χ4v) is 3.00. The lowest BCUT2D eigenvalue weighted by molar-refractivity contribution is 0.262. The summed E-state index contributed by atoms with van der Waals surface area (Å²) in [5, 5.41) is 9.16. The number of aryl methyl sites for hydroxylation is 1. The first-order chi connectivity index (χ1) is 12.9. The Bertz CT molecular complexity index is 989. The Morgan fingerprint density at radius 1 is 1.15 bits per heavy atom. The lowest BCUT2D eigenvalue weighted by atomic mass is 10.2. The molecule has 2 N–H and O–H groups in total. The van der Waals surface area contributed by atoms with E-state index in [1.165, 1.54) is 19.4 Å². The highest BCUT2D eigenvalue weighted by Crippen LogP contribution is 2.34. The second-order valence-corrected chi connectivity index (χ2v) is 6.31. The van der Waals surface area contributed by atoms with Crippen molar-refractivity contribution in [1.82, 2.24) is 14.8 Å². The van der Waals surface area contributed by atoms with Crippen LogP contribution in [-0.2, 0) is 7.05 Å². The fourth-order valence-electron chi connectivity index (χ4n) is 2.43. The zero-order chi connectivity index (χ0) is 19.6. The molecule has 1 aromatic carbocycles. The Kier molecular flexibility index (Phi) is 5.36. The maximum Gasteiger partial charge on any atom is 0.323 e. The van der Waals surface area contributed by atoms with Crippen molar-refractivity contribution in [3.8, 4) is 17.1 Å². The number of rotatable bonds is 4. The first-order valence-corrected chi connectivity index (χ1v) is 8.43. The summed E-state index contributed by atoms with van der Waals surface area (Å²) in [5.74, 6) is -1.69. The Morgan fingerprint density at radius 3 is 2.52 bits per heavy atom. The van der Waals surface area contributed by atoms with E-state index in [4.69, 9.17) is 4.74 Å². The number of nitrogens with zero attached hydrogens (tertiary/aromatic N) is 3. The summed E-state index contributed by atoms with van der Waals surface area (Å²) in [5.41, 5.74) is 1.81. The number of nitrogens with one attached hydrogen (secondary N) is 2. The van der Waals surface area contributed by atoms with Gasteiger partial charge in [0.25, 0.3) is 0 Å². The van der Waals surface area contributed by atoms with E-state index in [0.29, 0.717) is 22.8 Å². The predicted octanol–water partition coefficient (Wildman–Crippen LogP) is 4.18. The lowest BCUT2D eigenvalue weighted by Crippen LogP contribution is -2.19. The average molecular weight is 438 g/mol. The van der Waals surface area contributed by atoms with Crippen LogP contribution in [-0.4, -0.2) is 27.9 Å². The van der Waals surface area contributed by atoms with Crippen LogP contribution >= 0.6 is 15.9 Å².